The number of nitro benzene ring substituents is 1. The number of ketones is 4. The standard InChI is InChI=1S/C34H34N2O17/c1-10-18(32(45)51-5)25(41)21-14(22(10)36(47)48)8-17(38)34(52-6)30(44)20-13(29(43)33(21,34)46)7-12-19(24(20)40)16(37)9-15(23(12)39)35-31-28(50-4)26(42)27(49-3)11(2)53-31/h7,11,17,26-28,31,38,40-42,46H,8-9H2,1-6H3/t11?,17-,26?,27?,28?,31?,33+,34-/m1/s1. The maximum absolute atomic E-state index is 14.7. The number of fused-ring (bicyclic) bond motifs is 5. The van der Waals surface area contributed by atoms with Crippen molar-refractivity contribution in [2.45, 2.75) is 74.6 Å². The molecule has 0 bridgehead atoms. The maximum Gasteiger partial charge on any atom is 0.342 e. The number of benzene rings is 2. The Morgan fingerprint density at radius 2 is 1.64 bits per heavy atom. The topological polar surface area (TPSA) is 288 Å². The van der Waals surface area contributed by atoms with Gasteiger partial charge in [0.05, 0.1) is 47.5 Å². The number of ether oxygens (including phenoxy) is 5. The first-order chi connectivity index (χ1) is 24.9. The Balaban J connectivity index is 1.59. The second kappa shape index (κ2) is 12.8. The molecule has 0 aromatic heterocycles. The lowest BCUT2D eigenvalue weighted by molar-refractivity contribution is -0.386. The van der Waals surface area contributed by atoms with Gasteiger partial charge in [0, 0.05) is 55.6 Å². The quantitative estimate of drug-likeness (QED) is 0.148. The number of carbonyl (C=O) groups excluding carboxylic acids is 5. The molecule has 5 N–H and O–H groups in total. The van der Waals surface area contributed by atoms with E-state index in [0.29, 0.717) is 0 Å². The Kier molecular flexibility index (Phi) is 9.13. The van der Waals surface area contributed by atoms with Crippen LogP contribution < -0.4 is 0 Å². The number of methoxy groups -OCH3 is 4. The number of hydrogen-bond donors (Lipinski definition) is 5. The van der Waals surface area contributed by atoms with Crippen LogP contribution in [0.2, 0.25) is 0 Å². The van der Waals surface area contributed by atoms with E-state index in [1.165, 1.54) is 14.2 Å². The van der Waals surface area contributed by atoms with E-state index in [9.17, 15) is 59.6 Å². The predicted octanol–water partition coefficient (Wildman–Crippen LogP) is 0.0158. The highest BCUT2D eigenvalue weighted by atomic mass is 16.6. The summed E-state index contributed by atoms with van der Waals surface area (Å²) in [6.45, 7) is 2.65. The van der Waals surface area contributed by atoms with Gasteiger partial charge in [-0.2, -0.15) is 0 Å². The Labute approximate surface area is 298 Å². The van der Waals surface area contributed by atoms with Gasteiger partial charge in [-0.15, -0.1) is 0 Å². The molecule has 6 rings (SSSR count). The molecule has 0 amide bonds. The zero-order chi connectivity index (χ0) is 39.2. The van der Waals surface area contributed by atoms with Gasteiger partial charge >= 0.3 is 5.97 Å². The Morgan fingerprint density at radius 1 is 1.00 bits per heavy atom. The molecule has 2 aromatic carbocycles. The van der Waals surface area contributed by atoms with Crippen LogP contribution in [-0.2, 0) is 35.7 Å². The van der Waals surface area contributed by atoms with Crippen molar-refractivity contribution in [3.05, 3.63) is 60.7 Å². The van der Waals surface area contributed by atoms with E-state index < -0.39 is 162 Å². The maximum atomic E-state index is 14.7. The number of aliphatic hydroxyl groups excluding tert-OH is 2. The van der Waals surface area contributed by atoms with E-state index >= 15 is 0 Å². The molecule has 0 radical (unpaired) electrons. The molecule has 1 heterocycles. The number of phenols is 2. The van der Waals surface area contributed by atoms with Crippen molar-refractivity contribution in [1.29, 1.82) is 0 Å². The highest BCUT2D eigenvalue weighted by molar-refractivity contribution is 6.53. The molecule has 19 heteroatoms. The van der Waals surface area contributed by atoms with Crippen molar-refractivity contribution in [3.63, 3.8) is 0 Å². The Bertz CT molecular complexity index is 2080. The number of aliphatic hydroxyl groups is 3. The van der Waals surface area contributed by atoms with Gasteiger partial charge < -0.3 is 49.2 Å². The molecule has 1 aliphatic heterocycles. The fourth-order valence-electron chi connectivity index (χ4n) is 8.19. The molecule has 19 nitrogen and oxygen atoms in total. The second-order valence-electron chi connectivity index (χ2n) is 13.0. The van der Waals surface area contributed by atoms with Gasteiger partial charge in [0.25, 0.3) is 5.69 Å². The van der Waals surface area contributed by atoms with E-state index in [-0.39, 0.29) is 0 Å². The third-order valence-corrected chi connectivity index (χ3v) is 10.6. The normalized spacial score (nSPS) is 31.5. The molecule has 8 atom stereocenters. The number of aromatic hydroxyl groups is 2. The minimum absolute atomic E-state index is 0.450. The minimum Gasteiger partial charge on any atom is -0.507 e. The molecule has 3 aliphatic carbocycles. The number of Topliss-reactive ketones (excluding diaryl/α,β-unsaturated/α-hetero) is 4. The molecular formula is C34H34N2O17. The van der Waals surface area contributed by atoms with Gasteiger partial charge in [0.2, 0.25) is 17.3 Å². The number of nitro groups is 1. The molecule has 5 unspecified atom stereocenters. The summed E-state index contributed by atoms with van der Waals surface area (Å²) in [5.74, 6) is -8.78. The SMILES string of the molecule is COC(=O)c1c(C)c([N+](=O)[O-])c2c(c1O)[C@]1(O)C(=O)c3cc4c(c(O)c3C(=O)[C@]1(OC)[C@H](O)C2)C(=O)CC(=NC1OC(C)C(OC)C(O)C1OC)C4=O. The van der Waals surface area contributed by atoms with Crippen molar-refractivity contribution in [2.75, 3.05) is 28.4 Å². The van der Waals surface area contributed by atoms with Crippen molar-refractivity contribution in [3.8, 4) is 11.5 Å². The third kappa shape index (κ3) is 4.78. The number of carbonyl (C=O) groups is 5. The molecular weight excluding hydrogens is 708 g/mol. The van der Waals surface area contributed by atoms with Crippen LogP contribution in [0.25, 0.3) is 0 Å². The van der Waals surface area contributed by atoms with Gasteiger partial charge in [-0.3, -0.25) is 34.3 Å². The molecule has 4 aliphatic rings. The van der Waals surface area contributed by atoms with Gasteiger partial charge in [-0.1, -0.05) is 0 Å². The summed E-state index contributed by atoms with van der Waals surface area (Å²) in [6, 6.07) is 0.729. The van der Waals surface area contributed by atoms with Gasteiger partial charge in [0.15, 0.2) is 23.2 Å². The summed E-state index contributed by atoms with van der Waals surface area (Å²) in [4.78, 5) is 85.2. The van der Waals surface area contributed by atoms with Crippen LogP contribution in [0.15, 0.2) is 11.1 Å². The van der Waals surface area contributed by atoms with Crippen molar-refractivity contribution < 1.29 is 78.1 Å². The number of phenolic OH excluding ortho intramolecular Hbond substituents is 2. The van der Waals surface area contributed by atoms with Crippen molar-refractivity contribution in [2.24, 2.45) is 4.99 Å². The second-order valence-corrected chi connectivity index (χ2v) is 13.0. The van der Waals surface area contributed by atoms with E-state index in [4.69, 9.17) is 18.9 Å². The van der Waals surface area contributed by atoms with Crippen molar-refractivity contribution >= 4 is 40.5 Å². The van der Waals surface area contributed by atoms with E-state index in [1.54, 1.807) is 6.92 Å². The predicted molar refractivity (Wildman–Crippen MR) is 174 cm³/mol. The zero-order valence-electron chi connectivity index (χ0n) is 29.0. The summed E-state index contributed by atoms with van der Waals surface area (Å²) < 4.78 is 26.5. The summed E-state index contributed by atoms with van der Waals surface area (Å²) in [7, 11) is 4.28. The lowest BCUT2D eigenvalue weighted by Crippen LogP contribution is -2.73. The summed E-state index contributed by atoms with van der Waals surface area (Å²) in [6.07, 6.45) is -9.30. The fraction of sp³-hybridized carbons (Fsp3) is 0.471. The third-order valence-electron chi connectivity index (χ3n) is 10.6. The molecule has 0 saturated carbocycles. The number of aliphatic imine (C=N–C) groups is 1. The van der Waals surface area contributed by atoms with Crippen LogP contribution >= 0.6 is 0 Å². The summed E-state index contributed by atoms with van der Waals surface area (Å²) >= 11 is 0. The van der Waals surface area contributed by atoms with Crippen LogP contribution in [-0.4, -0.2) is 136 Å². The van der Waals surface area contributed by atoms with Crippen LogP contribution in [0.4, 0.5) is 5.69 Å². The van der Waals surface area contributed by atoms with Gasteiger partial charge in [-0.05, 0) is 19.9 Å². The molecule has 53 heavy (non-hydrogen) atoms. The van der Waals surface area contributed by atoms with Crippen molar-refractivity contribution in [1.82, 2.24) is 0 Å². The van der Waals surface area contributed by atoms with E-state index in [1.807, 2.05) is 0 Å². The van der Waals surface area contributed by atoms with Crippen LogP contribution in [0.1, 0.15) is 81.8 Å². The number of esters is 1. The van der Waals surface area contributed by atoms with Crippen LogP contribution in [0, 0.1) is 17.0 Å². The highest BCUT2D eigenvalue weighted by Gasteiger charge is 2.73. The van der Waals surface area contributed by atoms with E-state index in [2.05, 4.69) is 9.73 Å². The lowest BCUT2D eigenvalue weighted by atomic mass is 9.56. The van der Waals surface area contributed by atoms with Crippen LogP contribution in [0.3, 0.4) is 0 Å². The zero-order valence-corrected chi connectivity index (χ0v) is 29.0. The largest absolute Gasteiger partial charge is 0.507 e. The summed E-state index contributed by atoms with van der Waals surface area (Å²) in [5.41, 5.74) is -14.2. The first kappa shape index (κ1) is 37.7. The van der Waals surface area contributed by atoms with Crippen LogP contribution in [0.5, 0.6) is 11.5 Å². The van der Waals surface area contributed by atoms with Gasteiger partial charge in [0.1, 0.15) is 35.4 Å². The van der Waals surface area contributed by atoms with E-state index in [0.717, 1.165) is 27.2 Å². The first-order valence-electron chi connectivity index (χ1n) is 16.0. The summed E-state index contributed by atoms with van der Waals surface area (Å²) in [5, 5.41) is 70.2. The fourth-order valence-corrected chi connectivity index (χ4v) is 8.19. The smallest absolute Gasteiger partial charge is 0.342 e. The Morgan fingerprint density at radius 3 is 2.21 bits per heavy atom. The monoisotopic (exact) mass is 742 g/mol. The molecule has 0 spiro atoms. The molecule has 2 aromatic rings. The number of rotatable bonds is 6. The van der Waals surface area contributed by atoms with Gasteiger partial charge in [-0.25, -0.2) is 4.79 Å². The Hall–Kier alpha value is -5.02. The minimum atomic E-state index is -3.56. The first-order valence-corrected chi connectivity index (χ1v) is 16.0. The molecule has 1 saturated heterocycles. The number of hydrogen-bond acceptors (Lipinski definition) is 18. The number of nitrogens with zero attached hydrogens (tertiary/aromatic N) is 2. The average molecular weight is 743 g/mol. The molecule has 1 fully saturated rings. The average Bonchev–Trinajstić information content (AvgIpc) is 3.09. The lowest BCUT2D eigenvalue weighted by Gasteiger charge is -2.52. The highest BCUT2D eigenvalue weighted by Crippen LogP contribution is 2.58. The molecule has 282 valence electrons.